The third-order valence-electron chi connectivity index (χ3n) is 0. The second-order valence-corrected chi connectivity index (χ2v) is 0.577. The Labute approximate surface area is 77.3 Å². The molecule has 0 aliphatic heterocycles. The zero-order valence-corrected chi connectivity index (χ0v) is 8.99. The maximum Gasteiger partial charge on any atom is 1.00 e. The Kier molecular flexibility index (Phi) is 142. The minimum atomic E-state index is 0. The summed E-state index contributed by atoms with van der Waals surface area (Å²) in [6, 6.07) is 0. The van der Waals surface area contributed by atoms with Gasteiger partial charge in [0.05, 0.1) is 0 Å². The molecule has 0 atom stereocenters. The summed E-state index contributed by atoms with van der Waals surface area (Å²) in [5.74, 6) is 0. The van der Waals surface area contributed by atoms with Crippen molar-refractivity contribution >= 4 is 25.8 Å². The molecule has 0 spiro atoms. The Hall–Kier alpha value is 0.640. The summed E-state index contributed by atoms with van der Waals surface area (Å²) in [6.07, 6.45) is 3.00. The molecule has 8 heavy (non-hydrogen) atoms. The van der Waals surface area contributed by atoms with E-state index in [1.165, 1.54) is 12.2 Å². The molecule has 0 N–H and O–H groups in total. The molecule has 0 aromatic heterocycles. The maximum absolute atomic E-state index is 3.25. The van der Waals surface area contributed by atoms with Gasteiger partial charge in [0.2, 0.25) is 0 Å². The van der Waals surface area contributed by atoms with E-state index in [2.05, 4.69) is 27.0 Å². The number of allylic oxidation sites excluding steroid dienone is 2. The molecule has 0 aliphatic carbocycles. The van der Waals surface area contributed by atoms with Crippen LogP contribution in [0.15, 0.2) is 25.3 Å². The van der Waals surface area contributed by atoms with Crippen molar-refractivity contribution in [3.8, 4) is 0 Å². The maximum atomic E-state index is 3.25. The summed E-state index contributed by atoms with van der Waals surface area (Å²) in [5.41, 5.74) is 0. The molecule has 0 amide bonds. The number of halogens is 1. The topological polar surface area (TPSA) is 0 Å². The predicted octanol–water partition coefficient (Wildman–Crippen LogP) is -1.36. The van der Waals surface area contributed by atoms with Crippen LogP contribution in [0.3, 0.4) is 0 Å². The van der Waals surface area contributed by atoms with Crippen LogP contribution in [0.5, 0.6) is 0 Å². The summed E-state index contributed by atoms with van der Waals surface area (Å²) in [6.45, 7) is 13.0. The first-order chi connectivity index (χ1) is 2.83. The van der Waals surface area contributed by atoms with E-state index < -0.39 is 0 Å². The van der Waals surface area contributed by atoms with Crippen LogP contribution >= 0.6 is 0 Å². The second-order valence-electron chi connectivity index (χ2n) is 0.577. The largest absolute Gasteiger partial charge is 1.00 e. The van der Waals surface area contributed by atoms with Crippen LogP contribution < -0.4 is 12.4 Å². The molecule has 4 radical (unpaired) electrons. The summed E-state index contributed by atoms with van der Waals surface area (Å²) in [7, 11) is 0. The van der Waals surface area contributed by atoms with Crippen molar-refractivity contribution in [1.82, 2.24) is 0 Å². The van der Waals surface area contributed by atoms with Crippen LogP contribution in [-0.2, 0) is 0 Å². The first-order valence-electron chi connectivity index (χ1n) is 1.63. The van der Waals surface area contributed by atoms with Gasteiger partial charge in [-0.05, 0) is 13.8 Å². The minimum absolute atomic E-state index is 0. The van der Waals surface area contributed by atoms with Gasteiger partial charge in [0.1, 0.15) is 0 Å². The van der Waals surface area contributed by atoms with Crippen molar-refractivity contribution in [1.29, 1.82) is 0 Å². The standard InChI is InChI=1S/2C3H5.ClH.In/c2*1-3-2;;/h2*3H,1-2H2;1H;/q;;;+1/p-1. The third kappa shape index (κ3) is 515. The molecule has 0 heterocycles. The third-order valence-corrected chi connectivity index (χ3v) is 0. The average molecular weight is 232 g/mol. The summed E-state index contributed by atoms with van der Waals surface area (Å²) in [4.78, 5) is 0. The number of rotatable bonds is 0. The Bertz CT molecular complexity index is 29.5. The van der Waals surface area contributed by atoms with Crippen molar-refractivity contribution < 1.29 is 12.4 Å². The van der Waals surface area contributed by atoms with Crippen LogP contribution in [0.2, 0.25) is 0 Å². The van der Waals surface area contributed by atoms with E-state index in [0.717, 1.165) is 0 Å². The first kappa shape index (κ1) is 23.4. The van der Waals surface area contributed by atoms with E-state index in [1.807, 2.05) is 0 Å². The van der Waals surface area contributed by atoms with Crippen LogP contribution in [0, 0.1) is 13.8 Å². The van der Waals surface area contributed by atoms with Crippen molar-refractivity contribution in [2.45, 2.75) is 0 Å². The Morgan fingerprint density at radius 3 is 0.875 bits per heavy atom. The van der Waals surface area contributed by atoms with Crippen LogP contribution in [0.25, 0.3) is 0 Å². The normalized spacial score (nSPS) is 3.25. The van der Waals surface area contributed by atoms with E-state index in [0.29, 0.717) is 0 Å². The molecule has 2 heteroatoms. The molecule has 0 bridgehead atoms. The van der Waals surface area contributed by atoms with Crippen LogP contribution in [0.1, 0.15) is 0 Å². The zero-order chi connectivity index (χ0) is 5.41. The van der Waals surface area contributed by atoms with Crippen molar-refractivity contribution in [2.75, 3.05) is 0 Å². The van der Waals surface area contributed by atoms with E-state index in [9.17, 15) is 0 Å². The molecule has 44 valence electrons. The molecule has 0 fully saturated rings. The molecule has 0 rings (SSSR count). The van der Waals surface area contributed by atoms with Crippen molar-refractivity contribution in [3.63, 3.8) is 0 Å². The minimum Gasteiger partial charge on any atom is -1.00 e. The fraction of sp³-hybridized carbons (Fsp3) is 0. The van der Waals surface area contributed by atoms with Gasteiger partial charge in [0.25, 0.3) is 0 Å². The van der Waals surface area contributed by atoms with Gasteiger partial charge in [-0.3, -0.25) is 0 Å². The smallest absolute Gasteiger partial charge is 1.00 e. The monoisotopic (exact) mass is 232 g/mol. The van der Waals surface area contributed by atoms with E-state index in [1.54, 1.807) is 0 Å². The molecule has 0 aromatic rings. The van der Waals surface area contributed by atoms with Gasteiger partial charge < -0.3 is 12.4 Å². The molecule has 0 aliphatic rings. The molecule has 0 saturated heterocycles. The molecular weight excluding hydrogens is 222 g/mol. The SMILES string of the molecule is [CH2]C=C.[CH2]C=C.[Cl-].[In+]. The fourth-order valence-corrected chi connectivity index (χ4v) is 0. The van der Waals surface area contributed by atoms with Gasteiger partial charge >= 0.3 is 25.8 Å². The van der Waals surface area contributed by atoms with Gasteiger partial charge in [-0.25, -0.2) is 0 Å². The van der Waals surface area contributed by atoms with Gasteiger partial charge in [-0.1, -0.05) is 12.2 Å². The number of hydrogen-bond donors (Lipinski definition) is 0. The van der Waals surface area contributed by atoms with Crippen LogP contribution in [-0.4, -0.2) is 25.8 Å². The van der Waals surface area contributed by atoms with Crippen molar-refractivity contribution in [2.24, 2.45) is 0 Å². The van der Waals surface area contributed by atoms with Crippen LogP contribution in [0.4, 0.5) is 0 Å². The van der Waals surface area contributed by atoms with E-state index in [-0.39, 0.29) is 38.3 Å². The van der Waals surface area contributed by atoms with Gasteiger partial charge in [0.15, 0.2) is 0 Å². The van der Waals surface area contributed by atoms with E-state index >= 15 is 0 Å². The molecule has 0 nitrogen and oxygen atoms in total. The molecule has 0 unspecified atom stereocenters. The quantitative estimate of drug-likeness (QED) is 0.484. The summed E-state index contributed by atoms with van der Waals surface area (Å²) in [5, 5.41) is 0. The summed E-state index contributed by atoms with van der Waals surface area (Å²) < 4.78 is 0. The van der Waals surface area contributed by atoms with Crippen molar-refractivity contribution in [3.05, 3.63) is 39.2 Å². The Morgan fingerprint density at radius 1 is 0.875 bits per heavy atom. The average Bonchev–Trinajstić information content (AvgIpc) is 1.39. The fourth-order valence-electron chi connectivity index (χ4n) is 0. The Morgan fingerprint density at radius 2 is 0.875 bits per heavy atom. The zero-order valence-electron chi connectivity index (χ0n) is 4.94. The molecule has 0 aromatic carbocycles. The van der Waals surface area contributed by atoms with Gasteiger partial charge in [0, 0.05) is 0 Å². The molecule has 0 saturated carbocycles. The first-order valence-corrected chi connectivity index (χ1v) is 1.63. The predicted molar refractivity (Wildman–Crippen MR) is 36.9 cm³/mol. The Balaban J connectivity index is -0.0000000160. The number of hydrogen-bond acceptors (Lipinski definition) is 0. The second kappa shape index (κ2) is 48.3. The summed E-state index contributed by atoms with van der Waals surface area (Å²) >= 11 is 0. The van der Waals surface area contributed by atoms with E-state index in [4.69, 9.17) is 0 Å². The molecular formula is C6H10ClIn. The van der Waals surface area contributed by atoms with Gasteiger partial charge in [-0.2, -0.15) is 0 Å². The van der Waals surface area contributed by atoms with Gasteiger partial charge in [-0.15, -0.1) is 13.2 Å².